The number of alkyl halides is 1. The van der Waals surface area contributed by atoms with Crippen molar-refractivity contribution in [2.24, 2.45) is 0 Å². The molecule has 0 saturated carbocycles. The van der Waals surface area contributed by atoms with E-state index >= 15 is 0 Å². The molecule has 1 unspecified atom stereocenters. The van der Waals surface area contributed by atoms with Gasteiger partial charge in [-0.1, -0.05) is 13.0 Å². The molecule has 0 fully saturated rings. The Morgan fingerprint density at radius 2 is 2.24 bits per heavy atom. The fourth-order valence-corrected chi connectivity index (χ4v) is 2.46. The predicted octanol–water partition coefficient (Wildman–Crippen LogP) is 1.56. The minimum absolute atomic E-state index is 0.0390. The van der Waals surface area contributed by atoms with Gasteiger partial charge in [-0.25, -0.2) is 13.1 Å². The molecule has 1 N–H and O–H groups in total. The highest BCUT2D eigenvalue weighted by Gasteiger charge is 2.12. The lowest BCUT2D eigenvalue weighted by molar-refractivity contribution is 0.578. The van der Waals surface area contributed by atoms with Gasteiger partial charge < -0.3 is 0 Å². The zero-order valence-corrected chi connectivity index (χ0v) is 11.3. The molecule has 1 aromatic rings. The molecular formula is C11H17ClN2O2S. The standard InChI is InChI=1S/C11H17ClN2O2S/c1-2-10(12)9-14-17(15,16)8-6-11-5-3-4-7-13-11/h3-5,7,10,14H,2,6,8-9H2,1H3. The quantitative estimate of drug-likeness (QED) is 0.769. The van der Waals surface area contributed by atoms with Gasteiger partial charge >= 0.3 is 0 Å². The van der Waals surface area contributed by atoms with Crippen LogP contribution in [0.5, 0.6) is 0 Å². The number of sulfonamides is 1. The Bertz CT molecular complexity index is 422. The maximum Gasteiger partial charge on any atom is 0.212 e. The van der Waals surface area contributed by atoms with Crippen LogP contribution in [0.1, 0.15) is 19.0 Å². The molecule has 0 amide bonds. The zero-order chi connectivity index (χ0) is 12.7. The summed E-state index contributed by atoms with van der Waals surface area (Å²) in [6.07, 6.45) is 2.81. The smallest absolute Gasteiger partial charge is 0.212 e. The van der Waals surface area contributed by atoms with E-state index in [1.807, 2.05) is 19.1 Å². The molecule has 0 aliphatic heterocycles. The molecular weight excluding hydrogens is 260 g/mol. The van der Waals surface area contributed by atoms with E-state index < -0.39 is 10.0 Å². The SMILES string of the molecule is CCC(Cl)CNS(=O)(=O)CCc1ccccn1. The first-order valence-corrected chi connectivity index (χ1v) is 7.63. The van der Waals surface area contributed by atoms with Crippen LogP contribution in [-0.4, -0.2) is 31.1 Å². The second-order valence-corrected chi connectivity index (χ2v) is 6.29. The molecule has 0 aliphatic rings. The molecule has 0 radical (unpaired) electrons. The van der Waals surface area contributed by atoms with E-state index in [-0.39, 0.29) is 17.7 Å². The van der Waals surface area contributed by atoms with Gasteiger partial charge in [-0.05, 0) is 18.6 Å². The normalized spacial score (nSPS) is 13.5. The molecule has 0 aromatic carbocycles. The summed E-state index contributed by atoms with van der Waals surface area (Å²) in [5, 5.41) is -0.153. The number of aryl methyl sites for hydroxylation is 1. The number of hydrogen-bond donors (Lipinski definition) is 1. The number of aromatic nitrogens is 1. The van der Waals surface area contributed by atoms with Crippen molar-refractivity contribution in [2.45, 2.75) is 25.1 Å². The summed E-state index contributed by atoms with van der Waals surface area (Å²) in [4.78, 5) is 4.07. The van der Waals surface area contributed by atoms with Crippen molar-refractivity contribution in [3.05, 3.63) is 30.1 Å². The lowest BCUT2D eigenvalue weighted by atomic mass is 10.3. The fourth-order valence-electron chi connectivity index (χ4n) is 1.22. The summed E-state index contributed by atoms with van der Waals surface area (Å²) in [7, 11) is -3.26. The summed E-state index contributed by atoms with van der Waals surface area (Å²) < 4.78 is 25.7. The van der Waals surface area contributed by atoms with Crippen LogP contribution < -0.4 is 4.72 Å². The van der Waals surface area contributed by atoms with Crippen molar-refractivity contribution in [3.8, 4) is 0 Å². The first kappa shape index (κ1) is 14.4. The minimum Gasteiger partial charge on any atom is -0.261 e. The van der Waals surface area contributed by atoms with Gasteiger partial charge in [0.05, 0.1) is 5.75 Å². The molecule has 1 atom stereocenters. The van der Waals surface area contributed by atoms with E-state index in [0.717, 1.165) is 12.1 Å². The van der Waals surface area contributed by atoms with Crippen molar-refractivity contribution in [2.75, 3.05) is 12.3 Å². The van der Waals surface area contributed by atoms with Crippen LogP contribution in [-0.2, 0) is 16.4 Å². The molecule has 0 aliphatic carbocycles. The van der Waals surface area contributed by atoms with Gasteiger partial charge in [0.25, 0.3) is 0 Å². The van der Waals surface area contributed by atoms with Gasteiger partial charge in [-0.3, -0.25) is 4.98 Å². The Labute approximate surface area is 107 Å². The number of pyridine rings is 1. The van der Waals surface area contributed by atoms with Crippen LogP contribution in [0.25, 0.3) is 0 Å². The van der Waals surface area contributed by atoms with E-state index in [1.54, 1.807) is 12.3 Å². The van der Waals surface area contributed by atoms with E-state index in [0.29, 0.717) is 6.42 Å². The number of hydrogen-bond acceptors (Lipinski definition) is 3. The van der Waals surface area contributed by atoms with Gasteiger partial charge in [0.1, 0.15) is 0 Å². The molecule has 6 heteroatoms. The van der Waals surface area contributed by atoms with E-state index in [9.17, 15) is 8.42 Å². The average molecular weight is 277 g/mol. The molecule has 0 bridgehead atoms. The zero-order valence-electron chi connectivity index (χ0n) is 9.77. The fraction of sp³-hybridized carbons (Fsp3) is 0.545. The Morgan fingerprint density at radius 3 is 2.82 bits per heavy atom. The van der Waals surface area contributed by atoms with E-state index in [1.165, 1.54) is 0 Å². The Morgan fingerprint density at radius 1 is 1.47 bits per heavy atom. The number of halogens is 1. The van der Waals surface area contributed by atoms with Crippen molar-refractivity contribution < 1.29 is 8.42 Å². The van der Waals surface area contributed by atoms with Crippen LogP contribution >= 0.6 is 11.6 Å². The van der Waals surface area contributed by atoms with Crippen LogP contribution in [0.2, 0.25) is 0 Å². The molecule has 4 nitrogen and oxygen atoms in total. The number of rotatable bonds is 7. The molecule has 0 saturated heterocycles. The molecule has 1 rings (SSSR count). The highest BCUT2D eigenvalue weighted by atomic mass is 35.5. The summed E-state index contributed by atoms with van der Waals surface area (Å²) in [6, 6.07) is 5.45. The maximum absolute atomic E-state index is 11.6. The lowest BCUT2D eigenvalue weighted by Crippen LogP contribution is -2.32. The summed E-state index contributed by atoms with van der Waals surface area (Å²) in [5.74, 6) is 0.0390. The third kappa shape index (κ3) is 6.00. The Hall–Kier alpha value is -0.650. The van der Waals surface area contributed by atoms with Gasteiger partial charge in [-0.15, -0.1) is 11.6 Å². The minimum atomic E-state index is -3.26. The lowest BCUT2D eigenvalue weighted by Gasteiger charge is -2.09. The number of nitrogens with zero attached hydrogens (tertiary/aromatic N) is 1. The van der Waals surface area contributed by atoms with Gasteiger partial charge in [0.2, 0.25) is 10.0 Å². The second-order valence-electron chi connectivity index (χ2n) is 3.74. The van der Waals surface area contributed by atoms with Gasteiger partial charge in [0, 0.05) is 30.2 Å². The third-order valence-electron chi connectivity index (χ3n) is 2.32. The largest absolute Gasteiger partial charge is 0.261 e. The molecule has 96 valence electrons. The topological polar surface area (TPSA) is 59.1 Å². The second kappa shape index (κ2) is 6.93. The van der Waals surface area contributed by atoms with Crippen LogP contribution in [0, 0.1) is 0 Å². The molecule has 17 heavy (non-hydrogen) atoms. The highest BCUT2D eigenvalue weighted by molar-refractivity contribution is 7.89. The van der Waals surface area contributed by atoms with Gasteiger partial charge in [0.15, 0.2) is 0 Å². The maximum atomic E-state index is 11.6. The van der Waals surface area contributed by atoms with Gasteiger partial charge in [-0.2, -0.15) is 0 Å². The first-order valence-electron chi connectivity index (χ1n) is 5.55. The van der Waals surface area contributed by atoms with Crippen LogP contribution in [0.4, 0.5) is 0 Å². The van der Waals surface area contributed by atoms with E-state index in [2.05, 4.69) is 9.71 Å². The Kier molecular flexibility index (Phi) is 5.88. The average Bonchev–Trinajstić information content (AvgIpc) is 2.35. The highest BCUT2D eigenvalue weighted by Crippen LogP contribution is 2.01. The van der Waals surface area contributed by atoms with E-state index in [4.69, 9.17) is 11.6 Å². The molecule has 1 aromatic heterocycles. The predicted molar refractivity (Wildman–Crippen MR) is 69.7 cm³/mol. The van der Waals surface area contributed by atoms with Crippen molar-refractivity contribution in [3.63, 3.8) is 0 Å². The van der Waals surface area contributed by atoms with Crippen LogP contribution in [0.15, 0.2) is 24.4 Å². The summed E-state index contributed by atoms with van der Waals surface area (Å²) in [6.45, 7) is 2.20. The van der Waals surface area contributed by atoms with Crippen LogP contribution in [0.3, 0.4) is 0 Å². The third-order valence-corrected chi connectivity index (χ3v) is 4.13. The Balaban J connectivity index is 2.40. The monoisotopic (exact) mass is 276 g/mol. The molecule has 1 heterocycles. The summed E-state index contributed by atoms with van der Waals surface area (Å²) in [5.41, 5.74) is 0.774. The molecule has 0 spiro atoms. The van der Waals surface area contributed by atoms with Crippen molar-refractivity contribution in [1.82, 2.24) is 9.71 Å². The summed E-state index contributed by atoms with van der Waals surface area (Å²) >= 11 is 5.85. The van der Waals surface area contributed by atoms with Crippen molar-refractivity contribution in [1.29, 1.82) is 0 Å². The van der Waals surface area contributed by atoms with Crippen molar-refractivity contribution >= 4 is 21.6 Å². The first-order chi connectivity index (χ1) is 8.03. The number of nitrogens with one attached hydrogen (secondary N) is 1.